The van der Waals surface area contributed by atoms with Gasteiger partial charge in [0.25, 0.3) is 0 Å². The molecule has 12 heavy (non-hydrogen) atoms. The van der Waals surface area contributed by atoms with Gasteiger partial charge < -0.3 is 0 Å². The van der Waals surface area contributed by atoms with Gasteiger partial charge in [-0.15, -0.1) is 0 Å². The molecule has 0 N–H and O–H groups in total. The first-order chi connectivity index (χ1) is 6.00. The van der Waals surface area contributed by atoms with Crippen molar-refractivity contribution in [1.29, 1.82) is 0 Å². The van der Waals surface area contributed by atoms with Crippen LogP contribution in [0.15, 0.2) is 42.5 Å². The van der Waals surface area contributed by atoms with Crippen molar-refractivity contribution in [3.8, 4) is 0 Å². The molecule has 0 atom stereocenters. The zero-order valence-corrected chi connectivity index (χ0v) is 7.37. The summed E-state index contributed by atoms with van der Waals surface area (Å²) in [6, 6.07) is 0. The maximum Gasteiger partial charge on any atom is -0.0166 e. The van der Waals surface area contributed by atoms with E-state index in [-0.39, 0.29) is 0 Å². The highest BCUT2D eigenvalue weighted by Gasteiger charge is 1.80. The number of allylic oxidation sites excluding steroid dienone is 8. The summed E-state index contributed by atoms with van der Waals surface area (Å²) in [6.45, 7) is 0. The molecule has 0 heteroatoms. The minimum absolute atomic E-state index is 1.05. The Morgan fingerprint density at radius 3 is 2.92 bits per heavy atom. The molecular formula is C12H15. The molecule has 1 aliphatic rings. The standard InChI is InChI=1S/C12H15/c1-2-4-6-8-10-12-11-9-7-5-3-1/h1-5,8,10H,6,9,11-12H2/b3-1+,4-2-,7-5?,10-8+. The molecule has 0 nitrogen and oxygen atoms in total. The maximum atomic E-state index is 3.22. The van der Waals surface area contributed by atoms with Crippen molar-refractivity contribution in [2.45, 2.75) is 25.7 Å². The summed E-state index contributed by atoms with van der Waals surface area (Å²) in [5.41, 5.74) is 0. The van der Waals surface area contributed by atoms with Crippen molar-refractivity contribution in [3.05, 3.63) is 48.6 Å². The third-order valence-electron chi connectivity index (χ3n) is 1.70. The molecular weight excluding hydrogens is 144 g/mol. The second-order valence-corrected chi connectivity index (χ2v) is 2.78. The molecule has 0 amide bonds. The van der Waals surface area contributed by atoms with E-state index in [0.29, 0.717) is 0 Å². The Balaban J connectivity index is 2.42. The predicted molar refractivity (Wildman–Crippen MR) is 53.7 cm³/mol. The first kappa shape index (κ1) is 9.05. The van der Waals surface area contributed by atoms with Gasteiger partial charge in [-0.05, 0) is 31.8 Å². The van der Waals surface area contributed by atoms with Crippen LogP contribution in [0.3, 0.4) is 0 Å². The molecule has 0 heterocycles. The highest BCUT2D eigenvalue weighted by Crippen LogP contribution is 1.99. The first-order valence-electron chi connectivity index (χ1n) is 4.53. The van der Waals surface area contributed by atoms with Crippen molar-refractivity contribution >= 4 is 0 Å². The van der Waals surface area contributed by atoms with Crippen LogP contribution in [0.25, 0.3) is 0 Å². The quantitative estimate of drug-likeness (QED) is 0.474. The van der Waals surface area contributed by atoms with Gasteiger partial charge in [0, 0.05) is 0 Å². The molecule has 0 unspecified atom stereocenters. The van der Waals surface area contributed by atoms with Crippen molar-refractivity contribution in [3.63, 3.8) is 0 Å². The summed E-state index contributed by atoms with van der Waals surface area (Å²) in [4.78, 5) is 0. The Hall–Kier alpha value is -1.04. The third kappa shape index (κ3) is 4.73. The van der Waals surface area contributed by atoms with Crippen molar-refractivity contribution in [2.75, 3.05) is 0 Å². The second kappa shape index (κ2) is 6.66. The lowest BCUT2D eigenvalue weighted by atomic mass is 10.2. The largest absolute Gasteiger partial charge is 0.0882 e. The zero-order chi connectivity index (χ0) is 8.49. The average molecular weight is 159 g/mol. The van der Waals surface area contributed by atoms with Crippen molar-refractivity contribution in [1.82, 2.24) is 0 Å². The molecule has 0 aromatic heterocycles. The van der Waals surface area contributed by atoms with E-state index >= 15 is 0 Å². The summed E-state index contributed by atoms with van der Waals surface area (Å²) in [5, 5.41) is 0. The zero-order valence-electron chi connectivity index (χ0n) is 7.37. The van der Waals surface area contributed by atoms with Crippen LogP contribution in [0.5, 0.6) is 0 Å². The fraction of sp³-hybridized carbons (Fsp3) is 0.333. The molecule has 0 fully saturated rings. The number of rotatable bonds is 0. The molecule has 0 spiro atoms. The van der Waals surface area contributed by atoms with Gasteiger partial charge in [-0.2, -0.15) is 0 Å². The fourth-order valence-corrected chi connectivity index (χ4v) is 1.04. The van der Waals surface area contributed by atoms with Gasteiger partial charge in [0.15, 0.2) is 0 Å². The molecule has 1 aliphatic carbocycles. The van der Waals surface area contributed by atoms with E-state index < -0.39 is 0 Å². The van der Waals surface area contributed by atoms with E-state index in [2.05, 4.69) is 30.4 Å². The molecule has 0 bridgehead atoms. The van der Waals surface area contributed by atoms with E-state index in [1.807, 2.05) is 18.2 Å². The lowest BCUT2D eigenvalue weighted by molar-refractivity contribution is 0.852. The highest BCUT2D eigenvalue weighted by molar-refractivity contribution is 5.10. The minimum atomic E-state index is 1.05. The summed E-state index contributed by atoms with van der Waals surface area (Å²) < 4.78 is 0. The SMILES string of the molecule is [C]1=C/C=C/C=C\C/C=C/CCC\1. The maximum absolute atomic E-state index is 3.22. The first-order valence-corrected chi connectivity index (χ1v) is 4.53. The van der Waals surface area contributed by atoms with E-state index in [0.717, 1.165) is 12.8 Å². The van der Waals surface area contributed by atoms with E-state index in [4.69, 9.17) is 0 Å². The van der Waals surface area contributed by atoms with E-state index in [1.54, 1.807) is 0 Å². The molecule has 0 saturated carbocycles. The van der Waals surface area contributed by atoms with Crippen molar-refractivity contribution in [2.24, 2.45) is 0 Å². The lowest BCUT2D eigenvalue weighted by Crippen LogP contribution is -1.70. The molecule has 0 aliphatic heterocycles. The summed E-state index contributed by atoms with van der Waals surface area (Å²) in [5.74, 6) is 0. The van der Waals surface area contributed by atoms with Crippen LogP contribution in [0, 0.1) is 6.08 Å². The van der Waals surface area contributed by atoms with Gasteiger partial charge in [-0.1, -0.05) is 42.5 Å². The Bertz CT molecular complexity index is 204. The van der Waals surface area contributed by atoms with Crippen LogP contribution in [0.1, 0.15) is 25.7 Å². The summed E-state index contributed by atoms with van der Waals surface area (Å²) in [7, 11) is 0. The van der Waals surface area contributed by atoms with Crippen LogP contribution < -0.4 is 0 Å². The smallest absolute Gasteiger partial charge is 0.0166 e. The number of hydrogen-bond donors (Lipinski definition) is 0. The van der Waals surface area contributed by atoms with E-state index in [1.165, 1.54) is 12.8 Å². The van der Waals surface area contributed by atoms with Crippen LogP contribution >= 0.6 is 0 Å². The topological polar surface area (TPSA) is 0 Å². The summed E-state index contributed by atoms with van der Waals surface area (Å²) in [6.07, 6.45) is 22.5. The Morgan fingerprint density at radius 2 is 1.92 bits per heavy atom. The predicted octanol–water partition coefficient (Wildman–Crippen LogP) is 3.59. The molecule has 0 aromatic carbocycles. The number of hydrogen-bond acceptors (Lipinski definition) is 0. The van der Waals surface area contributed by atoms with Gasteiger partial charge >= 0.3 is 0 Å². The molecule has 1 radical (unpaired) electrons. The van der Waals surface area contributed by atoms with Gasteiger partial charge in [0.05, 0.1) is 0 Å². The monoisotopic (exact) mass is 159 g/mol. The second-order valence-electron chi connectivity index (χ2n) is 2.78. The third-order valence-corrected chi connectivity index (χ3v) is 1.70. The van der Waals surface area contributed by atoms with Crippen molar-refractivity contribution < 1.29 is 0 Å². The molecule has 0 saturated heterocycles. The fourth-order valence-electron chi connectivity index (χ4n) is 1.04. The Kier molecular flexibility index (Phi) is 5.02. The summed E-state index contributed by atoms with van der Waals surface area (Å²) >= 11 is 0. The van der Waals surface area contributed by atoms with E-state index in [9.17, 15) is 0 Å². The lowest BCUT2D eigenvalue weighted by Gasteiger charge is -1.89. The van der Waals surface area contributed by atoms with Crippen LogP contribution in [-0.2, 0) is 0 Å². The Morgan fingerprint density at radius 1 is 0.917 bits per heavy atom. The molecule has 63 valence electrons. The van der Waals surface area contributed by atoms with Gasteiger partial charge in [-0.3, -0.25) is 0 Å². The average Bonchev–Trinajstić information content (AvgIpc) is 2.05. The van der Waals surface area contributed by atoms with Crippen LogP contribution in [0.4, 0.5) is 0 Å². The van der Waals surface area contributed by atoms with Gasteiger partial charge in [-0.25, -0.2) is 0 Å². The molecule has 0 aromatic rings. The normalized spacial score (nSPS) is 29.3. The van der Waals surface area contributed by atoms with Gasteiger partial charge in [0.1, 0.15) is 0 Å². The van der Waals surface area contributed by atoms with Crippen LogP contribution in [-0.4, -0.2) is 0 Å². The van der Waals surface area contributed by atoms with Crippen LogP contribution in [0.2, 0.25) is 0 Å². The highest BCUT2D eigenvalue weighted by atomic mass is 13.9. The Labute approximate surface area is 75.0 Å². The minimum Gasteiger partial charge on any atom is -0.0882 e. The van der Waals surface area contributed by atoms with Gasteiger partial charge in [0.2, 0.25) is 0 Å². The molecule has 1 rings (SSSR count).